The summed E-state index contributed by atoms with van der Waals surface area (Å²) in [6.07, 6.45) is 7.56. The van der Waals surface area contributed by atoms with Crippen molar-refractivity contribution in [3.63, 3.8) is 0 Å². The van der Waals surface area contributed by atoms with Gasteiger partial charge in [-0.05, 0) is 23.8 Å². The number of allylic oxidation sites excluding steroid dienone is 2. The van der Waals surface area contributed by atoms with E-state index in [0.717, 1.165) is 11.3 Å². The first-order valence-electron chi connectivity index (χ1n) is 4.97. The topological polar surface area (TPSA) is 0 Å². The summed E-state index contributed by atoms with van der Waals surface area (Å²) >= 11 is 0. The van der Waals surface area contributed by atoms with Crippen LogP contribution in [0.5, 0.6) is 0 Å². The van der Waals surface area contributed by atoms with E-state index in [-0.39, 0.29) is 7.92 Å². The Kier molecular flexibility index (Phi) is 1.77. The van der Waals surface area contributed by atoms with Crippen molar-refractivity contribution in [1.82, 2.24) is 0 Å². The zero-order valence-corrected chi connectivity index (χ0v) is 8.45. The first-order chi connectivity index (χ1) is 6.47. The number of hydrogen-bond donors (Lipinski definition) is 0. The molecule has 0 N–H and O–H groups in total. The molecule has 1 heteroatoms. The summed E-state index contributed by atoms with van der Waals surface area (Å²) < 4.78 is 0. The van der Waals surface area contributed by atoms with E-state index in [1.807, 2.05) is 0 Å². The predicted molar refractivity (Wildman–Crippen MR) is 58.9 cm³/mol. The lowest BCUT2D eigenvalue weighted by Crippen LogP contribution is -1.94. The van der Waals surface area contributed by atoms with E-state index in [0.29, 0.717) is 0 Å². The minimum absolute atomic E-state index is 0.203. The van der Waals surface area contributed by atoms with Crippen LogP contribution >= 0.6 is 7.92 Å². The lowest BCUT2D eigenvalue weighted by atomic mass is 10.1. The van der Waals surface area contributed by atoms with Gasteiger partial charge < -0.3 is 0 Å². The molecule has 0 unspecified atom stereocenters. The Morgan fingerprint density at radius 2 is 2.00 bits per heavy atom. The Morgan fingerprint density at radius 1 is 1.15 bits per heavy atom. The van der Waals surface area contributed by atoms with E-state index < -0.39 is 0 Å². The molecule has 1 fully saturated rings. The summed E-state index contributed by atoms with van der Waals surface area (Å²) in [6.45, 7) is 0. The van der Waals surface area contributed by atoms with E-state index >= 15 is 0 Å². The first-order valence-corrected chi connectivity index (χ1v) is 6.45. The van der Waals surface area contributed by atoms with Gasteiger partial charge in [-0.3, -0.25) is 0 Å². The van der Waals surface area contributed by atoms with Gasteiger partial charge in [0.1, 0.15) is 0 Å². The highest BCUT2D eigenvalue weighted by molar-refractivity contribution is 7.74. The third-order valence-electron chi connectivity index (χ3n) is 3.00. The van der Waals surface area contributed by atoms with Crippen molar-refractivity contribution >= 4 is 13.2 Å². The van der Waals surface area contributed by atoms with Crippen molar-refractivity contribution in [3.8, 4) is 0 Å². The van der Waals surface area contributed by atoms with E-state index in [9.17, 15) is 0 Å². The van der Waals surface area contributed by atoms with Gasteiger partial charge in [-0.15, -0.1) is 0 Å². The first kappa shape index (κ1) is 7.76. The molecule has 3 rings (SSSR count). The fourth-order valence-electron chi connectivity index (χ4n) is 2.30. The number of rotatable bonds is 1. The largest absolute Gasteiger partial charge is 0.0878 e. The third-order valence-corrected chi connectivity index (χ3v) is 6.02. The molecule has 0 spiro atoms. The second-order valence-corrected chi connectivity index (χ2v) is 6.40. The van der Waals surface area contributed by atoms with Crippen LogP contribution in [0.2, 0.25) is 0 Å². The van der Waals surface area contributed by atoms with Gasteiger partial charge >= 0.3 is 0 Å². The van der Waals surface area contributed by atoms with Gasteiger partial charge in [0, 0.05) is 5.66 Å². The molecule has 0 amide bonds. The Labute approximate surface area is 80.4 Å². The molecule has 1 heterocycles. The normalized spacial score (nSPS) is 35.5. The average molecular weight is 188 g/mol. The number of hydrogen-bond acceptors (Lipinski definition) is 0. The molecular formula is C12H13P. The third kappa shape index (κ3) is 1.25. The lowest BCUT2D eigenvalue weighted by molar-refractivity contribution is 0.820. The van der Waals surface area contributed by atoms with Crippen LogP contribution in [0.4, 0.5) is 0 Å². The summed E-state index contributed by atoms with van der Waals surface area (Å²) in [4.78, 5) is 0. The summed E-state index contributed by atoms with van der Waals surface area (Å²) in [7, 11) is 0.203. The van der Waals surface area contributed by atoms with Crippen molar-refractivity contribution in [3.05, 3.63) is 42.5 Å². The molecule has 1 aromatic rings. The lowest BCUT2D eigenvalue weighted by Gasteiger charge is -1.97. The molecule has 3 atom stereocenters. The molecule has 13 heavy (non-hydrogen) atoms. The molecule has 66 valence electrons. The van der Waals surface area contributed by atoms with Crippen LogP contribution in [-0.2, 0) is 0 Å². The van der Waals surface area contributed by atoms with Crippen LogP contribution in [0, 0.1) is 0 Å². The molecule has 1 saturated heterocycles. The smallest absolute Gasteiger partial charge is 0.00842 e. The second-order valence-electron chi connectivity index (χ2n) is 3.81. The van der Waals surface area contributed by atoms with Crippen molar-refractivity contribution in [1.29, 1.82) is 0 Å². The summed E-state index contributed by atoms with van der Waals surface area (Å²) in [5.74, 6) is 0. The SMILES string of the molecule is C1=C[C@H]2[C@@H](CC1)[P@]2c1ccccc1. The van der Waals surface area contributed by atoms with Gasteiger partial charge in [0.15, 0.2) is 0 Å². The highest BCUT2D eigenvalue weighted by Crippen LogP contribution is 2.68. The molecule has 1 aromatic carbocycles. The van der Waals surface area contributed by atoms with Crippen LogP contribution in [0.25, 0.3) is 0 Å². The predicted octanol–water partition coefficient (Wildman–Crippen LogP) is 2.89. The Hall–Kier alpha value is -0.610. The summed E-state index contributed by atoms with van der Waals surface area (Å²) in [6, 6.07) is 11.1. The van der Waals surface area contributed by atoms with Crippen LogP contribution in [0.15, 0.2) is 42.5 Å². The van der Waals surface area contributed by atoms with E-state index in [4.69, 9.17) is 0 Å². The van der Waals surface area contributed by atoms with Gasteiger partial charge in [0.05, 0.1) is 0 Å². The molecule has 0 saturated carbocycles. The van der Waals surface area contributed by atoms with E-state index in [2.05, 4.69) is 42.5 Å². The zero-order valence-electron chi connectivity index (χ0n) is 7.56. The fourth-order valence-corrected chi connectivity index (χ4v) is 5.33. The molecule has 0 radical (unpaired) electrons. The molecule has 2 aliphatic rings. The molecular weight excluding hydrogens is 175 g/mol. The van der Waals surface area contributed by atoms with Crippen molar-refractivity contribution in [2.75, 3.05) is 0 Å². The molecule has 0 nitrogen and oxygen atoms in total. The fraction of sp³-hybridized carbons (Fsp3) is 0.333. The van der Waals surface area contributed by atoms with Crippen LogP contribution in [0.3, 0.4) is 0 Å². The standard InChI is InChI=1S/C12H13P/c1-2-6-10(7-3-1)13-11-8-4-5-9-12(11)13/h1-4,6-8,11-12H,5,9H2/t11-,12+,13+/m0/s1. The van der Waals surface area contributed by atoms with Crippen LogP contribution < -0.4 is 5.30 Å². The maximum Gasteiger partial charge on any atom is 0.00842 e. The zero-order chi connectivity index (χ0) is 8.67. The molecule has 0 aromatic heterocycles. The second kappa shape index (κ2) is 2.96. The average Bonchev–Trinajstić information content (AvgIpc) is 2.93. The van der Waals surface area contributed by atoms with Crippen molar-refractivity contribution < 1.29 is 0 Å². The van der Waals surface area contributed by atoms with Gasteiger partial charge in [0.25, 0.3) is 0 Å². The molecule has 0 bridgehead atoms. The molecule has 1 aliphatic carbocycles. The number of fused-ring (bicyclic) bond motifs is 1. The summed E-state index contributed by atoms with van der Waals surface area (Å²) in [5.41, 5.74) is 1.97. The molecule has 1 aliphatic heterocycles. The van der Waals surface area contributed by atoms with Crippen molar-refractivity contribution in [2.24, 2.45) is 0 Å². The van der Waals surface area contributed by atoms with Crippen LogP contribution in [-0.4, -0.2) is 11.3 Å². The van der Waals surface area contributed by atoms with Crippen LogP contribution in [0.1, 0.15) is 12.8 Å². The quantitative estimate of drug-likeness (QED) is 0.469. The minimum Gasteiger partial charge on any atom is -0.0878 e. The highest BCUT2D eigenvalue weighted by Gasteiger charge is 2.48. The Morgan fingerprint density at radius 3 is 2.69 bits per heavy atom. The Balaban J connectivity index is 1.87. The minimum atomic E-state index is 0.203. The maximum absolute atomic E-state index is 2.45. The van der Waals surface area contributed by atoms with Gasteiger partial charge in [-0.25, -0.2) is 0 Å². The summed E-state index contributed by atoms with van der Waals surface area (Å²) in [5, 5.41) is 1.61. The van der Waals surface area contributed by atoms with Gasteiger partial charge in [-0.2, -0.15) is 0 Å². The van der Waals surface area contributed by atoms with E-state index in [1.165, 1.54) is 12.8 Å². The monoisotopic (exact) mass is 188 g/mol. The van der Waals surface area contributed by atoms with Gasteiger partial charge in [0.2, 0.25) is 0 Å². The number of benzene rings is 1. The maximum atomic E-state index is 2.45. The Bertz CT molecular complexity index is 328. The van der Waals surface area contributed by atoms with Gasteiger partial charge in [-0.1, -0.05) is 50.4 Å². The highest BCUT2D eigenvalue weighted by atomic mass is 31.1. The van der Waals surface area contributed by atoms with E-state index in [1.54, 1.807) is 5.30 Å². The van der Waals surface area contributed by atoms with Crippen molar-refractivity contribution in [2.45, 2.75) is 24.2 Å².